The van der Waals surface area contributed by atoms with E-state index in [0.717, 1.165) is 29.2 Å². The molecule has 0 fully saturated rings. The Bertz CT molecular complexity index is 755. The molecule has 0 saturated heterocycles. The molecule has 9 heteroatoms. The molecule has 0 aliphatic heterocycles. The van der Waals surface area contributed by atoms with Crippen molar-refractivity contribution in [3.05, 3.63) is 52.4 Å². The van der Waals surface area contributed by atoms with E-state index in [9.17, 15) is 13.2 Å². The van der Waals surface area contributed by atoms with E-state index in [4.69, 9.17) is 4.52 Å². The fraction of sp³-hybridized carbons (Fsp3) is 0.444. The summed E-state index contributed by atoms with van der Waals surface area (Å²) in [6.45, 7) is 6.13. The number of aliphatic imine (C=N–C) groups is 1. The van der Waals surface area contributed by atoms with Crippen LogP contribution in [-0.2, 0) is 12.6 Å². The van der Waals surface area contributed by atoms with Crippen LogP contribution in [0, 0.1) is 13.8 Å². The maximum absolute atomic E-state index is 12.9. The van der Waals surface area contributed by atoms with Crippen molar-refractivity contribution >= 4 is 29.9 Å². The van der Waals surface area contributed by atoms with Gasteiger partial charge in [-0.25, -0.2) is 0 Å². The van der Waals surface area contributed by atoms with E-state index in [1.165, 1.54) is 6.07 Å². The zero-order chi connectivity index (χ0) is 19.3. The third-order valence-corrected chi connectivity index (χ3v) is 4.14. The Morgan fingerprint density at radius 1 is 1.30 bits per heavy atom. The van der Waals surface area contributed by atoms with Crippen LogP contribution >= 0.6 is 24.0 Å². The van der Waals surface area contributed by atoms with Crippen molar-refractivity contribution in [2.24, 2.45) is 4.99 Å². The van der Waals surface area contributed by atoms with E-state index in [1.807, 2.05) is 13.8 Å². The molecule has 27 heavy (non-hydrogen) atoms. The maximum atomic E-state index is 12.9. The van der Waals surface area contributed by atoms with Crippen LogP contribution in [0.4, 0.5) is 13.2 Å². The van der Waals surface area contributed by atoms with Crippen LogP contribution in [0.3, 0.4) is 0 Å². The number of guanidine groups is 1. The van der Waals surface area contributed by atoms with E-state index in [2.05, 4.69) is 20.8 Å². The standard InChI is InChI=1S/C18H23F3N4O.HI/c1-11(14-6-5-7-15(10-14)18(19,20)21)24-17(22-4)23-9-8-16-12(2)25-26-13(16)3;/h5-7,10-11H,8-9H2,1-4H3,(H2,22,23,24);1H. The van der Waals surface area contributed by atoms with Crippen LogP contribution in [-0.4, -0.2) is 24.7 Å². The van der Waals surface area contributed by atoms with Crippen molar-refractivity contribution in [2.45, 2.75) is 39.4 Å². The van der Waals surface area contributed by atoms with Crippen LogP contribution in [0.25, 0.3) is 0 Å². The molecule has 150 valence electrons. The van der Waals surface area contributed by atoms with E-state index in [0.29, 0.717) is 24.5 Å². The largest absolute Gasteiger partial charge is 0.416 e. The van der Waals surface area contributed by atoms with Gasteiger partial charge in [-0.3, -0.25) is 4.99 Å². The Morgan fingerprint density at radius 2 is 2.00 bits per heavy atom. The predicted molar refractivity (Wildman–Crippen MR) is 109 cm³/mol. The summed E-state index contributed by atoms with van der Waals surface area (Å²) < 4.78 is 43.7. The van der Waals surface area contributed by atoms with Gasteiger partial charge in [0.25, 0.3) is 0 Å². The van der Waals surface area contributed by atoms with E-state index in [1.54, 1.807) is 20.0 Å². The molecule has 0 aliphatic rings. The highest BCUT2D eigenvalue weighted by atomic mass is 127. The zero-order valence-corrected chi connectivity index (χ0v) is 18.0. The Labute approximate surface area is 173 Å². The smallest absolute Gasteiger partial charge is 0.361 e. The molecular weight excluding hydrogens is 472 g/mol. The third kappa shape index (κ3) is 6.40. The summed E-state index contributed by atoms with van der Waals surface area (Å²) in [5.41, 5.74) is 1.77. The van der Waals surface area contributed by atoms with E-state index < -0.39 is 11.7 Å². The second-order valence-corrected chi connectivity index (χ2v) is 6.04. The van der Waals surface area contributed by atoms with Crippen LogP contribution in [0.5, 0.6) is 0 Å². The first-order valence-electron chi connectivity index (χ1n) is 8.28. The minimum absolute atomic E-state index is 0. The number of aromatic nitrogens is 1. The molecular formula is C18H24F3IN4O. The summed E-state index contributed by atoms with van der Waals surface area (Å²) in [5.74, 6) is 1.30. The molecule has 2 aromatic rings. The van der Waals surface area contributed by atoms with Gasteiger partial charge < -0.3 is 15.2 Å². The zero-order valence-electron chi connectivity index (χ0n) is 15.6. The van der Waals surface area contributed by atoms with Gasteiger partial charge in [-0.05, 0) is 44.9 Å². The SMILES string of the molecule is CN=C(NCCc1c(C)noc1C)NC(C)c1cccc(C(F)(F)F)c1.I. The van der Waals surface area contributed by atoms with Crippen LogP contribution < -0.4 is 10.6 Å². The Morgan fingerprint density at radius 3 is 2.56 bits per heavy atom. The van der Waals surface area contributed by atoms with E-state index >= 15 is 0 Å². The normalized spacial score (nSPS) is 13.1. The molecule has 0 spiro atoms. The Hall–Kier alpha value is -1.78. The topological polar surface area (TPSA) is 62.5 Å². The van der Waals surface area contributed by atoms with Gasteiger partial charge in [-0.2, -0.15) is 13.2 Å². The van der Waals surface area contributed by atoms with Gasteiger partial charge in [0.2, 0.25) is 0 Å². The number of nitrogens with zero attached hydrogens (tertiary/aromatic N) is 2. The van der Waals surface area contributed by atoms with Crippen molar-refractivity contribution in [1.29, 1.82) is 0 Å². The lowest BCUT2D eigenvalue weighted by atomic mass is 10.1. The lowest BCUT2D eigenvalue weighted by Crippen LogP contribution is -2.39. The molecule has 1 atom stereocenters. The molecule has 1 unspecified atom stereocenters. The molecule has 5 nitrogen and oxygen atoms in total. The molecule has 1 heterocycles. The summed E-state index contributed by atoms with van der Waals surface area (Å²) in [5, 5.41) is 10.2. The van der Waals surface area contributed by atoms with Gasteiger partial charge in [-0.1, -0.05) is 17.3 Å². The van der Waals surface area contributed by atoms with Gasteiger partial charge in [-0.15, -0.1) is 24.0 Å². The highest BCUT2D eigenvalue weighted by molar-refractivity contribution is 14.0. The highest BCUT2D eigenvalue weighted by Gasteiger charge is 2.30. The Balaban J connectivity index is 0.00000364. The first-order valence-corrected chi connectivity index (χ1v) is 8.28. The molecule has 2 N–H and O–H groups in total. The fourth-order valence-electron chi connectivity index (χ4n) is 2.63. The van der Waals surface area contributed by atoms with Crippen molar-refractivity contribution in [3.8, 4) is 0 Å². The number of hydrogen-bond acceptors (Lipinski definition) is 3. The maximum Gasteiger partial charge on any atom is 0.416 e. The second-order valence-electron chi connectivity index (χ2n) is 6.04. The molecule has 0 aliphatic carbocycles. The van der Waals surface area contributed by atoms with Crippen molar-refractivity contribution in [3.63, 3.8) is 0 Å². The summed E-state index contributed by atoms with van der Waals surface area (Å²) in [4.78, 5) is 4.12. The number of aryl methyl sites for hydroxylation is 2. The van der Waals surface area contributed by atoms with Crippen LogP contribution in [0.1, 0.15) is 41.1 Å². The average Bonchev–Trinajstić information content (AvgIpc) is 2.92. The molecule has 0 amide bonds. The number of hydrogen-bond donors (Lipinski definition) is 2. The first-order chi connectivity index (χ1) is 12.2. The fourth-order valence-corrected chi connectivity index (χ4v) is 2.63. The number of benzene rings is 1. The van der Waals surface area contributed by atoms with Crippen molar-refractivity contribution in [2.75, 3.05) is 13.6 Å². The van der Waals surface area contributed by atoms with Gasteiger partial charge in [0, 0.05) is 19.2 Å². The second kappa shape index (κ2) is 9.95. The summed E-state index contributed by atoms with van der Waals surface area (Å²) in [6, 6.07) is 4.94. The average molecular weight is 496 g/mol. The minimum Gasteiger partial charge on any atom is -0.361 e. The lowest BCUT2D eigenvalue weighted by Gasteiger charge is -2.19. The number of nitrogens with one attached hydrogen (secondary N) is 2. The minimum atomic E-state index is -4.36. The van der Waals surface area contributed by atoms with Crippen molar-refractivity contribution < 1.29 is 17.7 Å². The van der Waals surface area contributed by atoms with Crippen LogP contribution in [0.2, 0.25) is 0 Å². The summed E-state index contributed by atoms with van der Waals surface area (Å²) in [6.07, 6.45) is -3.65. The number of alkyl halides is 3. The quantitative estimate of drug-likeness (QED) is 0.366. The van der Waals surface area contributed by atoms with Gasteiger partial charge >= 0.3 is 6.18 Å². The van der Waals surface area contributed by atoms with Gasteiger partial charge in [0.15, 0.2) is 5.96 Å². The van der Waals surface area contributed by atoms with E-state index in [-0.39, 0.29) is 30.0 Å². The molecule has 0 radical (unpaired) electrons. The Kier molecular flexibility index (Phi) is 8.58. The third-order valence-electron chi connectivity index (χ3n) is 4.14. The first kappa shape index (κ1) is 23.3. The molecule has 1 aromatic carbocycles. The lowest BCUT2D eigenvalue weighted by molar-refractivity contribution is -0.137. The molecule has 2 rings (SSSR count). The highest BCUT2D eigenvalue weighted by Crippen LogP contribution is 2.30. The molecule has 0 bridgehead atoms. The van der Waals surface area contributed by atoms with Gasteiger partial charge in [0.1, 0.15) is 5.76 Å². The molecule has 0 saturated carbocycles. The number of rotatable bonds is 5. The summed E-state index contributed by atoms with van der Waals surface area (Å²) >= 11 is 0. The summed E-state index contributed by atoms with van der Waals surface area (Å²) in [7, 11) is 1.62. The van der Waals surface area contributed by atoms with Gasteiger partial charge in [0.05, 0.1) is 17.3 Å². The molecule has 1 aromatic heterocycles. The van der Waals surface area contributed by atoms with Crippen LogP contribution in [0.15, 0.2) is 33.8 Å². The van der Waals surface area contributed by atoms with Crippen molar-refractivity contribution in [1.82, 2.24) is 15.8 Å². The number of halogens is 4. The monoisotopic (exact) mass is 496 g/mol. The predicted octanol–water partition coefficient (Wildman–Crippen LogP) is 4.40.